The van der Waals surface area contributed by atoms with Crippen LogP contribution in [-0.2, 0) is 11.2 Å². The molecule has 3 amide bonds. The molecule has 103 valence electrons. The van der Waals surface area contributed by atoms with E-state index in [1.54, 1.807) is 0 Å². The number of rotatable bonds is 6. The van der Waals surface area contributed by atoms with Crippen LogP contribution in [0.25, 0.3) is 0 Å². The molecular formula is C13H17N2O4. The Morgan fingerprint density at radius 3 is 2.47 bits per heavy atom. The fourth-order valence-electron chi connectivity index (χ4n) is 1.55. The molecule has 0 saturated heterocycles. The normalized spacial score (nSPS) is 11.9. The summed E-state index contributed by atoms with van der Waals surface area (Å²) in [5, 5.41) is 18.4. The second kappa shape index (κ2) is 7.50. The van der Waals surface area contributed by atoms with Gasteiger partial charge in [0.05, 0.1) is 13.2 Å². The number of hydrogen-bond donors (Lipinski definition) is 3. The predicted molar refractivity (Wildman–Crippen MR) is 68.8 cm³/mol. The van der Waals surface area contributed by atoms with E-state index in [4.69, 9.17) is 10.8 Å². The number of primary amides is 1. The van der Waals surface area contributed by atoms with Crippen molar-refractivity contribution in [2.75, 3.05) is 13.2 Å². The Balaban J connectivity index is 2.54. The number of benzene rings is 1. The number of hydrogen-bond acceptors (Lipinski definition) is 4. The molecule has 0 unspecified atom stereocenters. The van der Waals surface area contributed by atoms with Gasteiger partial charge in [-0.3, -0.25) is 9.69 Å². The van der Waals surface area contributed by atoms with E-state index >= 15 is 0 Å². The molecule has 0 spiro atoms. The van der Waals surface area contributed by atoms with Gasteiger partial charge in [-0.05, 0) is 12.0 Å². The number of urea groups is 1. The number of amides is 3. The van der Waals surface area contributed by atoms with E-state index in [9.17, 15) is 14.7 Å². The lowest BCUT2D eigenvalue weighted by Gasteiger charge is -2.20. The van der Waals surface area contributed by atoms with Crippen LogP contribution in [-0.4, -0.2) is 46.3 Å². The summed E-state index contributed by atoms with van der Waals surface area (Å²) in [5.41, 5.74) is 5.93. The molecule has 1 rings (SSSR count). The van der Waals surface area contributed by atoms with Crippen LogP contribution in [0.5, 0.6) is 0 Å². The molecule has 1 atom stereocenters. The van der Waals surface area contributed by atoms with E-state index in [0.29, 0.717) is 11.3 Å². The van der Waals surface area contributed by atoms with E-state index in [1.807, 2.05) is 30.3 Å². The zero-order valence-corrected chi connectivity index (χ0v) is 10.4. The van der Waals surface area contributed by atoms with E-state index < -0.39 is 24.6 Å². The largest absolute Gasteiger partial charge is 0.395 e. The first-order chi connectivity index (χ1) is 9.06. The summed E-state index contributed by atoms with van der Waals surface area (Å²) in [6, 6.07) is 8.27. The maximum atomic E-state index is 11.7. The van der Waals surface area contributed by atoms with Gasteiger partial charge >= 0.3 is 6.03 Å². The Bertz CT molecular complexity index is 422. The van der Waals surface area contributed by atoms with Gasteiger partial charge in [0.25, 0.3) is 5.91 Å². The van der Waals surface area contributed by atoms with Gasteiger partial charge in [0.1, 0.15) is 6.10 Å². The molecule has 0 aromatic heterocycles. The summed E-state index contributed by atoms with van der Waals surface area (Å²) >= 11 is 0. The first kappa shape index (κ1) is 15.1. The molecule has 0 bridgehead atoms. The standard InChI is InChI=1S/C13H17N2O4/c14-13(19)15(8-9-16)12(18)11(17)7-6-10-4-2-1-3-5-10/h1-5,7,11,16-17H,6,8-9H2,(H2,14,19)/t11-/m0/s1. The molecule has 1 aromatic carbocycles. The SMILES string of the molecule is NC(=O)N(CCO)C(=O)[C@@H](O)[CH]Cc1ccccc1. The minimum absolute atomic E-state index is 0.232. The summed E-state index contributed by atoms with van der Waals surface area (Å²) in [6.07, 6.45) is 0.337. The van der Waals surface area contributed by atoms with Crippen molar-refractivity contribution in [1.82, 2.24) is 4.90 Å². The minimum Gasteiger partial charge on any atom is -0.395 e. The number of aliphatic hydroxyl groups excluding tert-OH is 2. The topological polar surface area (TPSA) is 104 Å². The average Bonchev–Trinajstić information content (AvgIpc) is 2.42. The van der Waals surface area contributed by atoms with Crippen LogP contribution >= 0.6 is 0 Å². The molecule has 4 N–H and O–H groups in total. The van der Waals surface area contributed by atoms with Crippen molar-refractivity contribution in [2.45, 2.75) is 12.5 Å². The second-order valence-electron chi connectivity index (χ2n) is 3.92. The van der Waals surface area contributed by atoms with E-state index in [1.165, 1.54) is 6.42 Å². The number of nitrogens with zero attached hydrogens (tertiary/aromatic N) is 1. The first-order valence-corrected chi connectivity index (χ1v) is 5.83. The first-order valence-electron chi connectivity index (χ1n) is 5.83. The lowest BCUT2D eigenvalue weighted by Crippen LogP contribution is -2.47. The smallest absolute Gasteiger partial charge is 0.321 e. The number of carbonyl (C=O) groups excluding carboxylic acids is 2. The summed E-state index contributed by atoms with van der Waals surface area (Å²) in [6.45, 7) is -0.634. The zero-order chi connectivity index (χ0) is 14.3. The fourth-order valence-corrected chi connectivity index (χ4v) is 1.55. The summed E-state index contributed by atoms with van der Waals surface area (Å²) in [4.78, 5) is 23.3. The van der Waals surface area contributed by atoms with Crippen molar-refractivity contribution < 1.29 is 19.8 Å². The highest BCUT2D eigenvalue weighted by Gasteiger charge is 2.25. The van der Waals surface area contributed by atoms with Crippen LogP contribution in [0.1, 0.15) is 5.56 Å². The van der Waals surface area contributed by atoms with Crippen LogP contribution < -0.4 is 5.73 Å². The molecule has 0 heterocycles. The van der Waals surface area contributed by atoms with Crippen molar-refractivity contribution in [3.05, 3.63) is 42.3 Å². The van der Waals surface area contributed by atoms with E-state index in [-0.39, 0.29) is 6.54 Å². The molecule has 1 radical (unpaired) electrons. The molecule has 6 nitrogen and oxygen atoms in total. The van der Waals surface area contributed by atoms with Gasteiger partial charge in [-0.25, -0.2) is 4.79 Å². The van der Waals surface area contributed by atoms with Gasteiger partial charge in [-0.15, -0.1) is 0 Å². The van der Waals surface area contributed by atoms with Crippen molar-refractivity contribution in [3.8, 4) is 0 Å². The van der Waals surface area contributed by atoms with Gasteiger partial charge in [-0.2, -0.15) is 0 Å². The van der Waals surface area contributed by atoms with Crippen LogP contribution in [0, 0.1) is 6.42 Å². The Kier molecular flexibility index (Phi) is 5.98. The summed E-state index contributed by atoms with van der Waals surface area (Å²) < 4.78 is 0. The summed E-state index contributed by atoms with van der Waals surface area (Å²) in [7, 11) is 0. The van der Waals surface area contributed by atoms with E-state index in [0.717, 1.165) is 5.56 Å². The molecule has 0 aliphatic carbocycles. The highest BCUT2D eigenvalue weighted by molar-refractivity contribution is 5.96. The van der Waals surface area contributed by atoms with Crippen molar-refractivity contribution >= 4 is 11.9 Å². The third-order valence-corrected chi connectivity index (χ3v) is 2.53. The quantitative estimate of drug-likeness (QED) is 0.656. The average molecular weight is 265 g/mol. The van der Waals surface area contributed by atoms with E-state index in [2.05, 4.69) is 0 Å². The minimum atomic E-state index is -1.43. The lowest BCUT2D eigenvalue weighted by molar-refractivity contribution is -0.135. The Morgan fingerprint density at radius 1 is 1.32 bits per heavy atom. The Labute approximate surface area is 111 Å². The maximum Gasteiger partial charge on any atom is 0.321 e. The van der Waals surface area contributed by atoms with Gasteiger partial charge in [-0.1, -0.05) is 30.3 Å². The molecule has 0 aliphatic rings. The van der Waals surface area contributed by atoms with Gasteiger partial charge in [0.2, 0.25) is 0 Å². The zero-order valence-electron chi connectivity index (χ0n) is 10.4. The van der Waals surface area contributed by atoms with Crippen molar-refractivity contribution in [1.29, 1.82) is 0 Å². The van der Waals surface area contributed by atoms with Gasteiger partial charge < -0.3 is 15.9 Å². The maximum absolute atomic E-state index is 11.7. The molecule has 1 aromatic rings. The number of aliphatic hydroxyl groups is 2. The fraction of sp³-hybridized carbons (Fsp3) is 0.308. The van der Waals surface area contributed by atoms with Crippen molar-refractivity contribution in [3.63, 3.8) is 0 Å². The number of imide groups is 1. The molecule has 0 fully saturated rings. The Hall–Kier alpha value is -1.92. The third-order valence-electron chi connectivity index (χ3n) is 2.53. The lowest BCUT2D eigenvalue weighted by atomic mass is 10.1. The van der Waals surface area contributed by atoms with Crippen LogP contribution in [0.3, 0.4) is 0 Å². The van der Waals surface area contributed by atoms with Crippen LogP contribution in [0.4, 0.5) is 4.79 Å². The van der Waals surface area contributed by atoms with Gasteiger partial charge in [0.15, 0.2) is 0 Å². The Morgan fingerprint density at radius 2 is 1.95 bits per heavy atom. The highest BCUT2D eigenvalue weighted by Crippen LogP contribution is 2.06. The summed E-state index contributed by atoms with van der Waals surface area (Å²) in [5.74, 6) is -0.836. The van der Waals surface area contributed by atoms with Crippen LogP contribution in [0.2, 0.25) is 0 Å². The molecular weight excluding hydrogens is 248 g/mol. The molecule has 6 heteroatoms. The number of carbonyl (C=O) groups is 2. The number of nitrogens with two attached hydrogens (primary N) is 1. The van der Waals surface area contributed by atoms with Crippen LogP contribution in [0.15, 0.2) is 30.3 Å². The molecule has 0 saturated carbocycles. The monoisotopic (exact) mass is 265 g/mol. The molecule has 19 heavy (non-hydrogen) atoms. The highest BCUT2D eigenvalue weighted by atomic mass is 16.3. The predicted octanol–water partition coefficient (Wildman–Crippen LogP) is -0.306. The third kappa shape index (κ3) is 4.69. The van der Waals surface area contributed by atoms with Crippen molar-refractivity contribution in [2.24, 2.45) is 5.73 Å². The molecule has 0 aliphatic heterocycles. The second-order valence-corrected chi connectivity index (χ2v) is 3.92. The van der Waals surface area contributed by atoms with Gasteiger partial charge in [0, 0.05) is 6.42 Å².